The van der Waals surface area contributed by atoms with Crippen molar-refractivity contribution in [2.75, 3.05) is 12.8 Å². The van der Waals surface area contributed by atoms with Gasteiger partial charge in [0.2, 0.25) is 0 Å². The van der Waals surface area contributed by atoms with E-state index in [1.807, 2.05) is 24.3 Å². The zero-order chi connectivity index (χ0) is 17.0. The average molecular weight is 313 g/mol. The van der Waals surface area contributed by atoms with E-state index in [1.165, 1.54) is 28.7 Å². The quantitative estimate of drug-likeness (QED) is 0.522. The summed E-state index contributed by atoms with van der Waals surface area (Å²) in [5.41, 5.74) is 7.83. The minimum atomic E-state index is -0.588. The van der Waals surface area contributed by atoms with Crippen molar-refractivity contribution in [1.29, 1.82) is 0 Å². The second-order valence-corrected chi connectivity index (χ2v) is 5.36. The number of anilines is 1. The number of hydrogen-bond acceptors (Lipinski definition) is 4. The van der Waals surface area contributed by atoms with Gasteiger partial charge in [0.05, 0.1) is 4.92 Å². The summed E-state index contributed by atoms with van der Waals surface area (Å²) in [6.45, 7) is 2.51. The van der Waals surface area contributed by atoms with Crippen molar-refractivity contribution in [2.24, 2.45) is 0 Å². The van der Waals surface area contributed by atoms with E-state index in [0.29, 0.717) is 6.54 Å². The molecule has 2 N–H and O–H groups in total. The Hall–Kier alpha value is -2.89. The van der Waals surface area contributed by atoms with Gasteiger partial charge in [-0.2, -0.15) is 0 Å². The number of nitro benzene ring substituents is 1. The molecular formula is C17H19N3O3. The molecule has 23 heavy (non-hydrogen) atoms. The fraction of sp³-hybridized carbons (Fsp3) is 0.235. The predicted octanol–water partition coefficient (Wildman–Crippen LogP) is 3.01. The van der Waals surface area contributed by atoms with Crippen LogP contribution >= 0.6 is 0 Å². The Labute approximate surface area is 134 Å². The van der Waals surface area contributed by atoms with Gasteiger partial charge in [-0.25, -0.2) is 0 Å². The number of benzene rings is 2. The maximum absolute atomic E-state index is 12.4. The normalized spacial score (nSPS) is 10.3. The minimum absolute atomic E-state index is 0.0457. The van der Waals surface area contributed by atoms with Crippen LogP contribution in [0.25, 0.3) is 0 Å². The lowest BCUT2D eigenvalue weighted by atomic mass is 10.1. The Morgan fingerprint density at radius 1 is 1.17 bits per heavy atom. The molecule has 6 heteroatoms. The first-order valence-electron chi connectivity index (χ1n) is 7.29. The number of amides is 1. The Balaban J connectivity index is 2.15. The zero-order valence-corrected chi connectivity index (χ0v) is 13.2. The van der Waals surface area contributed by atoms with Gasteiger partial charge in [-0.1, -0.05) is 31.2 Å². The summed E-state index contributed by atoms with van der Waals surface area (Å²) in [4.78, 5) is 24.3. The van der Waals surface area contributed by atoms with Crippen LogP contribution in [0.3, 0.4) is 0 Å². The van der Waals surface area contributed by atoms with E-state index in [2.05, 4.69) is 6.92 Å². The molecule has 2 aromatic rings. The van der Waals surface area contributed by atoms with Gasteiger partial charge in [-0.15, -0.1) is 0 Å². The standard InChI is InChI=1S/C17H19N3O3/c1-3-12-4-6-13(7-5-12)11-19(2)17(21)14-8-9-15(18)16(10-14)20(22)23/h4-10H,3,11,18H2,1-2H3. The lowest BCUT2D eigenvalue weighted by Gasteiger charge is -2.17. The van der Waals surface area contributed by atoms with Crippen molar-refractivity contribution < 1.29 is 9.72 Å². The topological polar surface area (TPSA) is 89.5 Å². The first kappa shape index (κ1) is 16.5. The second-order valence-electron chi connectivity index (χ2n) is 5.36. The molecular weight excluding hydrogens is 294 g/mol. The summed E-state index contributed by atoms with van der Waals surface area (Å²) < 4.78 is 0. The van der Waals surface area contributed by atoms with E-state index in [-0.39, 0.29) is 22.8 Å². The van der Waals surface area contributed by atoms with E-state index in [4.69, 9.17) is 5.73 Å². The first-order chi connectivity index (χ1) is 10.9. The van der Waals surface area contributed by atoms with Crippen LogP contribution in [0.15, 0.2) is 42.5 Å². The number of nitrogens with two attached hydrogens (primary N) is 1. The van der Waals surface area contributed by atoms with Crippen LogP contribution in [-0.2, 0) is 13.0 Å². The van der Waals surface area contributed by atoms with Crippen LogP contribution in [0.5, 0.6) is 0 Å². The number of rotatable bonds is 5. The molecule has 2 aromatic carbocycles. The molecule has 0 aliphatic rings. The van der Waals surface area contributed by atoms with E-state index in [1.54, 1.807) is 7.05 Å². The van der Waals surface area contributed by atoms with Gasteiger partial charge < -0.3 is 10.6 Å². The van der Waals surface area contributed by atoms with Crippen LogP contribution in [0.1, 0.15) is 28.4 Å². The Kier molecular flexibility index (Phi) is 4.95. The maximum atomic E-state index is 12.4. The average Bonchev–Trinajstić information content (AvgIpc) is 2.55. The van der Waals surface area contributed by atoms with Crippen LogP contribution < -0.4 is 5.73 Å². The third kappa shape index (κ3) is 3.85. The van der Waals surface area contributed by atoms with Gasteiger partial charge >= 0.3 is 0 Å². The van der Waals surface area contributed by atoms with Crippen LogP contribution in [0, 0.1) is 10.1 Å². The van der Waals surface area contributed by atoms with Crippen molar-refractivity contribution in [3.05, 3.63) is 69.3 Å². The van der Waals surface area contributed by atoms with Crippen LogP contribution in [0.4, 0.5) is 11.4 Å². The van der Waals surface area contributed by atoms with Crippen molar-refractivity contribution in [3.8, 4) is 0 Å². The molecule has 0 aliphatic heterocycles. The molecule has 0 bridgehead atoms. The van der Waals surface area contributed by atoms with Gasteiger partial charge in [-0.05, 0) is 29.7 Å². The highest BCUT2D eigenvalue weighted by molar-refractivity contribution is 5.95. The molecule has 2 rings (SSSR count). The smallest absolute Gasteiger partial charge is 0.292 e. The number of nitrogen functional groups attached to an aromatic ring is 1. The molecule has 1 amide bonds. The summed E-state index contributed by atoms with van der Waals surface area (Å²) in [5.74, 6) is -0.285. The lowest BCUT2D eigenvalue weighted by Crippen LogP contribution is -2.26. The van der Waals surface area contributed by atoms with Gasteiger partial charge in [0.25, 0.3) is 11.6 Å². The summed E-state index contributed by atoms with van der Waals surface area (Å²) in [7, 11) is 1.66. The fourth-order valence-electron chi connectivity index (χ4n) is 2.28. The summed E-state index contributed by atoms with van der Waals surface area (Å²) in [5, 5.41) is 10.9. The Morgan fingerprint density at radius 2 is 1.78 bits per heavy atom. The molecule has 0 atom stereocenters. The minimum Gasteiger partial charge on any atom is -0.393 e. The summed E-state index contributed by atoms with van der Waals surface area (Å²) in [6.07, 6.45) is 0.962. The van der Waals surface area contributed by atoms with Gasteiger partial charge in [0.15, 0.2) is 0 Å². The van der Waals surface area contributed by atoms with E-state index >= 15 is 0 Å². The zero-order valence-electron chi connectivity index (χ0n) is 13.2. The van der Waals surface area contributed by atoms with Gasteiger partial charge in [0.1, 0.15) is 5.69 Å². The number of carbonyl (C=O) groups excluding carboxylic acids is 1. The molecule has 0 spiro atoms. The van der Waals surface area contributed by atoms with E-state index in [0.717, 1.165) is 12.0 Å². The SMILES string of the molecule is CCc1ccc(CN(C)C(=O)c2ccc(N)c([N+](=O)[O-])c2)cc1. The number of hydrogen-bond donors (Lipinski definition) is 1. The molecule has 0 saturated heterocycles. The third-order valence-electron chi connectivity index (χ3n) is 3.67. The molecule has 6 nitrogen and oxygen atoms in total. The summed E-state index contributed by atoms with van der Waals surface area (Å²) in [6, 6.07) is 12.1. The van der Waals surface area contributed by atoms with Crippen molar-refractivity contribution in [2.45, 2.75) is 19.9 Å². The molecule has 0 heterocycles. The fourth-order valence-corrected chi connectivity index (χ4v) is 2.28. The monoisotopic (exact) mass is 313 g/mol. The van der Waals surface area contributed by atoms with Gasteiger partial charge in [-0.3, -0.25) is 14.9 Å². The largest absolute Gasteiger partial charge is 0.393 e. The number of nitrogens with zero attached hydrogens (tertiary/aromatic N) is 2. The molecule has 120 valence electrons. The molecule has 0 aromatic heterocycles. The van der Waals surface area contributed by atoms with Crippen molar-refractivity contribution >= 4 is 17.3 Å². The number of carbonyl (C=O) groups is 1. The highest BCUT2D eigenvalue weighted by Crippen LogP contribution is 2.23. The first-order valence-corrected chi connectivity index (χ1v) is 7.29. The highest BCUT2D eigenvalue weighted by Gasteiger charge is 2.18. The number of nitro groups is 1. The van der Waals surface area contributed by atoms with Crippen LogP contribution in [-0.4, -0.2) is 22.8 Å². The third-order valence-corrected chi connectivity index (χ3v) is 3.67. The second kappa shape index (κ2) is 6.91. The maximum Gasteiger partial charge on any atom is 0.292 e. The summed E-state index contributed by atoms with van der Waals surface area (Å²) >= 11 is 0. The lowest BCUT2D eigenvalue weighted by molar-refractivity contribution is -0.383. The van der Waals surface area contributed by atoms with E-state index < -0.39 is 4.92 Å². The molecule has 0 aliphatic carbocycles. The Bertz CT molecular complexity index is 726. The molecule has 0 fully saturated rings. The molecule has 0 radical (unpaired) electrons. The Morgan fingerprint density at radius 3 is 2.35 bits per heavy atom. The molecule has 0 saturated carbocycles. The van der Waals surface area contributed by atoms with Crippen molar-refractivity contribution in [1.82, 2.24) is 4.90 Å². The highest BCUT2D eigenvalue weighted by atomic mass is 16.6. The predicted molar refractivity (Wildman–Crippen MR) is 89.1 cm³/mol. The van der Waals surface area contributed by atoms with Crippen molar-refractivity contribution in [3.63, 3.8) is 0 Å². The number of aryl methyl sites for hydroxylation is 1. The molecule has 0 unspecified atom stereocenters. The van der Waals surface area contributed by atoms with Crippen LogP contribution in [0.2, 0.25) is 0 Å². The van der Waals surface area contributed by atoms with E-state index in [9.17, 15) is 14.9 Å². The van der Waals surface area contributed by atoms with Gasteiger partial charge in [0, 0.05) is 25.2 Å².